The molecule has 0 spiro atoms. The molecule has 1 heteroatoms. The van der Waals surface area contributed by atoms with Crippen LogP contribution in [0.4, 0.5) is 0 Å². The Bertz CT molecular complexity index is 172. The van der Waals surface area contributed by atoms with Gasteiger partial charge in [0.1, 0.15) is 0 Å². The monoisotopic (exact) mass is 179 g/mol. The Hall–Kier alpha value is -0.510. The predicted octanol–water partition coefficient (Wildman–Crippen LogP) is 3.75. The summed E-state index contributed by atoms with van der Waals surface area (Å²) in [5, 5.41) is 8.77. The second-order valence-electron chi connectivity index (χ2n) is 4.67. The standard InChI is InChI=1S/C12H21N/c1-10(2)12(8-9-13)11-6-4-3-5-7-11/h10-12H,3-8H2,1-2H3. The molecule has 1 aliphatic rings. The zero-order chi connectivity index (χ0) is 9.68. The van der Waals surface area contributed by atoms with Crippen LogP contribution in [0.1, 0.15) is 52.4 Å². The fourth-order valence-electron chi connectivity index (χ4n) is 2.61. The second-order valence-corrected chi connectivity index (χ2v) is 4.67. The number of rotatable bonds is 3. The van der Waals surface area contributed by atoms with E-state index in [0.29, 0.717) is 11.8 Å². The first kappa shape index (κ1) is 10.6. The van der Waals surface area contributed by atoms with Crippen LogP contribution in [0, 0.1) is 29.1 Å². The summed E-state index contributed by atoms with van der Waals surface area (Å²) in [4.78, 5) is 0. The van der Waals surface area contributed by atoms with Crippen molar-refractivity contribution in [3.05, 3.63) is 0 Å². The maximum Gasteiger partial charge on any atom is 0.0624 e. The molecule has 0 aromatic carbocycles. The Labute approximate surface area is 82.1 Å². The van der Waals surface area contributed by atoms with Crippen molar-refractivity contribution in [2.75, 3.05) is 0 Å². The average Bonchev–Trinajstić information content (AvgIpc) is 2.15. The lowest BCUT2D eigenvalue weighted by Crippen LogP contribution is -2.22. The lowest BCUT2D eigenvalue weighted by atomic mass is 9.74. The van der Waals surface area contributed by atoms with Crippen molar-refractivity contribution < 1.29 is 0 Å². The molecule has 0 amide bonds. The van der Waals surface area contributed by atoms with E-state index in [1.54, 1.807) is 0 Å². The first-order chi connectivity index (χ1) is 6.25. The summed E-state index contributed by atoms with van der Waals surface area (Å²) in [7, 11) is 0. The van der Waals surface area contributed by atoms with Gasteiger partial charge in [0.2, 0.25) is 0 Å². The summed E-state index contributed by atoms with van der Waals surface area (Å²) in [5.41, 5.74) is 0. The number of hydrogen-bond acceptors (Lipinski definition) is 1. The Morgan fingerprint density at radius 1 is 1.23 bits per heavy atom. The van der Waals surface area contributed by atoms with E-state index < -0.39 is 0 Å². The highest BCUT2D eigenvalue weighted by atomic mass is 14.3. The van der Waals surface area contributed by atoms with Gasteiger partial charge in [0.15, 0.2) is 0 Å². The highest BCUT2D eigenvalue weighted by molar-refractivity contribution is 4.83. The van der Waals surface area contributed by atoms with Crippen molar-refractivity contribution in [1.82, 2.24) is 0 Å². The number of hydrogen-bond donors (Lipinski definition) is 0. The molecule has 0 saturated heterocycles. The van der Waals surface area contributed by atoms with Crippen molar-refractivity contribution in [3.63, 3.8) is 0 Å². The van der Waals surface area contributed by atoms with Crippen LogP contribution >= 0.6 is 0 Å². The van der Waals surface area contributed by atoms with E-state index in [4.69, 9.17) is 5.26 Å². The highest BCUT2D eigenvalue weighted by Crippen LogP contribution is 2.35. The molecule has 0 bridgehead atoms. The van der Waals surface area contributed by atoms with Crippen LogP contribution in [0.15, 0.2) is 0 Å². The fraction of sp³-hybridized carbons (Fsp3) is 0.917. The molecule has 1 aliphatic carbocycles. The molecule has 1 fully saturated rings. The minimum Gasteiger partial charge on any atom is -0.198 e. The molecule has 0 aromatic heterocycles. The molecule has 1 saturated carbocycles. The van der Waals surface area contributed by atoms with E-state index in [-0.39, 0.29) is 0 Å². The summed E-state index contributed by atoms with van der Waals surface area (Å²) in [6.07, 6.45) is 7.68. The maximum absolute atomic E-state index is 8.77. The van der Waals surface area contributed by atoms with Crippen LogP contribution < -0.4 is 0 Å². The fourth-order valence-corrected chi connectivity index (χ4v) is 2.61. The van der Waals surface area contributed by atoms with Crippen LogP contribution in [-0.2, 0) is 0 Å². The molecule has 1 nitrogen and oxygen atoms in total. The summed E-state index contributed by atoms with van der Waals surface area (Å²) >= 11 is 0. The lowest BCUT2D eigenvalue weighted by molar-refractivity contribution is 0.199. The van der Waals surface area contributed by atoms with Crippen LogP contribution in [-0.4, -0.2) is 0 Å². The molecule has 1 atom stereocenters. The quantitative estimate of drug-likeness (QED) is 0.647. The van der Waals surface area contributed by atoms with E-state index in [9.17, 15) is 0 Å². The van der Waals surface area contributed by atoms with Gasteiger partial charge in [-0.2, -0.15) is 5.26 Å². The van der Waals surface area contributed by atoms with Gasteiger partial charge in [-0.05, 0) is 17.8 Å². The van der Waals surface area contributed by atoms with Gasteiger partial charge in [-0.3, -0.25) is 0 Å². The van der Waals surface area contributed by atoms with Crippen LogP contribution in [0.25, 0.3) is 0 Å². The van der Waals surface area contributed by atoms with Gasteiger partial charge in [0, 0.05) is 6.42 Å². The van der Waals surface area contributed by atoms with Gasteiger partial charge in [-0.25, -0.2) is 0 Å². The van der Waals surface area contributed by atoms with Gasteiger partial charge in [-0.1, -0.05) is 46.0 Å². The van der Waals surface area contributed by atoms with Crippen LogP contribution in [0.3, 0.4) is 0 Å². The number of nitrogens with zero attached hydrogens (tertiary/aromatic N) is 1. The van der Waals surface area contributed by atoms with Crippen molar-refractivity contribution in [3.8, 4) is 6.07 Å². The molecule has 13 heavy (non-hydrogen) atoms. The Balaban J connectivity index is 2.47. The lowest BCUT2D eigenvalue weighted by Gasteiger charge is -2.31. The molecule has 0 aliphatic heterocycles. The van der Waals surface area contributed by atoms with Crippen LogP contribution in [0.2, 0.25) is 0 Å². The SMILES string of the molecule is CC(C)C(CC#N)C1CCCCC1. The van der Waals surface area contributed by atoms with Crippen molar-refractivity contribution in [2.45, 2.75) is 52.4 Å². The molecular weight excluding hydrogens is 158 g/mol. The first-order valence-electron chi connectivity index (χ1n) is 5.62. The minimum atomic E-state index is 0.658. The third kappa shape index (κ3) is 3.03. The van der Waals surface area contributed by atoms with E-state index in [1.807, 2.05) is 0 Å². The van der Waals surface area contributed by atoms with E-state index in [1.165, 1.54) is 32.1 Å². The van der Waals surface area contributed by atoms with Gasteiger partial charge in [-0.15, -0.1) is 0 Å². The van der Waals surface area contributed by atoms with Gasteiger partial charge >= 0.3 is 0 Å². The van der Waals surface area contributed by atoms with Crippen molar-refractivity contribution in [1.29, 1.82) is 5.26 Å². The van der Waals surface area contributed by atoms with E-state index >= 15 is 0 Å². The molecule has 0 aromatic rings. The molecule has 0 N–H and O–H groups in total. The van der Waals surface area contributed by atoms with Crippen LogP contribution in [0.5, 0.6) is 0 Å². The molecular formula is C12H21N. The van der Waals surface area contributed by atoms with Gasteiger partial charge in [0.05, 0.1) is 6.07 Å². The van der Waals surface area contributed by atoms with E-state index in [0.717, 1.165) is 12.3 Å². The third-order valence-corrected chi connectivity index (χ3v) is 3.44. The van der Waals surface area contributed by atoms with Gasteiger partial charge < -0.3 is 0 Å². The van der Waals surface area contributed by atoms with Crippen molar-refractivity contribution >= 4 is 0 Å². The summed E-state index contributed by atoms with van der Waals surface area (Å²) in [5.74, 6) is 2.18. The smallest absolute Gasteiger partial charge is 0.0624 e. The predicted molar refractivity (Wildman–Crippen MR) is 55.1 cm³/mol. The largest absolute Gasteiger partial charge is 0.198 e. The molecule has 0 radical (unpaired) electrons. The number of nitriles is 1. The summed E-state index contributed by atoms with van der Waals surface area (Å²) < 4.78 is 0. The summed E-state index contributed by atoms with van der Waals surface area (Å²) in [6, 6.07) is 2.35. The molecule has 0 heterocycles. The second kappa shape index (κ2) is 5.27. The van der Waals surface area contributed by atoms with E-state index in [2.05, 4.69) is 19.9 Å². The Morgan fingerprint density at radius 2 is 1.85 bits per heavy atom. The zero-order valence-electron chi connectivity index (χ0n) is 8.92. The Kier molecular flexibility index (Phi) is 4.28. The maximum atomic E-state index is 8.77. The van der Waals surface area contributed by atoms with Crippen molar-refractivity contribution in [2.24, 2.45) is 17.8 Å². The molecule has 1 rings (SSSR count). The van der Waals surface area contributed by atoms with Gasteiger partial charge in [0.25, 0.3) is 0 Å². The summed E-state index contributed by atoms with van der Waals surface area (Å²) in [6.45, 7) is 4.52. The normalized spacial score (nSPS) is 21.4. The third-order valence-electron chi connectivity index (χ3n) is 3.44. The Morgan fingerprint density at radius 3 is 2.31 bits per heavy atom. The average molecular weight is 179 g/mol. The molecule has 74 valence electrons. The first-order valence-corrected chi connectivity index (χ1v) is 5.62. The highest BCUT2D eigenvalue weighted by Gasteiger charge is 2.25. The minimum absolute atomic E-state index is 0.658. The molecule has 1 unspecified atom stereocenters. The topological polar surface area (TPSA) is 23.8 Å². The zero-order valence-corrected chi connectivity index (χ0v) is 8.92.